The first-order chi connectivity index (χ1) is 11.9. The number of amides is 2. The molecular formula is C20H24N2O3. The van der Waals surface area contributed by atoms with Crippen LogP contribution in [0.4, 0.5) is 11.4 Å². The van der Waals surface area contributed by atoms with Gasteiger partial charge in [0.15, 0.2) is 0 Å². The van der Waals surface area contributed by atoms with Crippen LogP contribution in [-0.2, 0) is 4.79 Å². The average molecular weight is 340 g/mol. The smallest absolute Gasteiger partial charge is 0.255 e. The number of anilines is 2. The molecule has 0 bridgehead atoms. The molecule has 2 N–H and O–H groups in total. The van der Waals surface area contributed by atoms with E-state index in [2.05, 4.69) is 10.6 Å². The Morgan fingerprint density at radius 2 is 1.84 bits per heavy atom. The van der Waals surface area contributed by atoms with Gasteiger partial charge in [-0.1, -0.05) is 19.1 Å². The van der Waals surface area contributed by atoms with Crippen molar-refractivity contribution in [3.63, 3.8) is 0 Å². The van der Waals surface area contributed by atoms with Crippen LogP contribution in [-0.4, -0.2) is 17.9 Å². The Morgan fingerprint density at radius 1 is 1.08 bits per heavy atom. The van der Waals surface area contributed by atoms with Gasteiger partial charge >= 0.3 is 0 Å². The molecule has 0 aromatic heterocycles. The van der Waals surface area contributed by atoms with Crippen molar-refractivity contribution in [2.24, 2.45) is 0 Å². The van der Waals surface area contributed by atoms with Gasteiger partial charge in [0.2, 0.25) is 5.91 Å². The van der Waals surface area contributed by atoms with E-state index in [0.717, 1.165) is 5.56 Å². The molecule has 0 aliphatic carbocycles. The predicted molar refractivity (Wildman–Crippen MR) is 100 cm³/mol. The largest absolute Gasteiger partial charge is 0.491 e. The second kappa shape index (κ2) is 8.33. The first-order valence-electron chi connectivity index (χ1n) is 8.37. The Morgan fingerprint density at radius 3 is 2.52 bits per heavy atom. The summed E-state index contributed by atoms with van der Waals surface area (Å²) < 4.78 is 5.62. The Kier molecular flexibility index (Phi) is 6.17. The third kappa shape index (κ3) is 5.35. The fourth-order valence-electron chi connectivity index (χ4n) is 2.26. The summed E-state index contributed by atoms with van der Waals surface area (Å²) in [6.07, 6.45) is 0.443. The van der Waals surface area contributed by atoms with Crippen molar-refractivity contribution in [1.29, 1.82) is 0 Å². The molecule has 0 saturated heterocycles. The molecule has 0 atom stereocenters. The average Bonchev–Trinajstić information content (AvgIpc) is 2.57. The molecule has 5 heteroatoms. The van der Waals surface area contributed by atoms with Crippen molar-refractivity contribution in [2.75, 3.05) is 10.6 Å². The second-order valence-electron chi connectivity index (χ2n) is 6.08. The molecule has 0 heterocycles. The molecule has 0 aliphatic rings. The quantitative estimate of drug-likeness (QED) is 0.820. The van der Waals surface area contributed by atoms with Crippen LogP contribution in [0.2, 0.25) is 0 Å². The Balaban J connectivity index is 2.15. The number of aryl methyl sites for hydroxylation is 1. The minimum absolute atomic E-state index is 0.0418. The van der Waals surface area contributed by atoms with Crippen molar-refractivity contribution >= 4 is 23.2 Å². The highest BCUT2D eigenvalue weighted by Gasteiger charge is 2.10. The van der Waals surface area contributed by atoms with Gasteiger partial charge < -0.3 is 15.4 Å². The number of hydrogen-bond acceptors (Lipinski definition) is 3. The van der Waals surface area contributed by atoms with Crippen molar-refractivity contribution in [3.05, 3.63) is 53.6 Å². The van der Waals surface area contributed by atoms with Gasteiger partial charge in [-0.2, -0.15) is 0 Å². The second-order valence-corrected chi connectivity index (χ2v) is 6.08. The Bertz CT molecular complexity index is 769. The molecule has 0 unspecified atom stereocenters. The zero-order valence-electron chi connectivity index (χ0n) is 15.1. The molecule has 0 aliphatic heterocycles. The summed E-state index contributed by atoms with van der Waals surface area (Å²) in [6.45, 7) is 7.57. The van der Waals surface area contributed by atoms with E-state index >= 15 is 0 Å². The van der Waals surface area contributed by atoms with Gasteiger partial charge in [0.1, 0.15) is 5.75 Å². The number of hydrogen-bond donors (Lipinski definition) is 2. The molecule has 132 valence electrons. The normalized spacial score (nSPS) is 10.4. The van der Waals surface area contributed by atoms with Gasteiger partial charge in [-0.3, -0.25) is 9.59 Å². The molecule has 0 spiro atoms. The molecule has 25 heavy (non-hydrogen) atoms. The number of rotatable bonds is 6. The Hall–Kier alpha value is -2.82. The highest BCUT2D eigenvalue weighted by Crippen LogP contribution is 2.22. The van der Waals surface area contributed by atoms with Crippen LogP contribution in [0.15, 0.2) is 42.5 Å². The maximum atomic E-state index is 12.5. The van der Waals surface area contributed by atoms with E-state index in [0.29, 0.717) is 29.1 Å². The number of nitrogens with one attached hydrogen (secondary N) is 2. The molecule has 2 aromatic rings. The molecule has 2 amide bonds. The van der Waals surface area contributed by atoms with Crippen LogP contribution in [0, 0.1) is 6.92 Å². The molecular weight excluding hydrogens is 316 g/mol. The monoisotopic (exact) mass is 340 g/mol. The fraction of sp³-hybridized carbons (Fsp3) is 0.300. The maximum Gasteiger partial charge on any atom is 0.255 e. The van der Waals surface area contributed by atoms with E-state index in [1.165, 1.54) is 0 Å². The van der Waals surface area contributed by atoms with Crippen molar-refractivity contribution in [1.82, 2.24) is 0 Å². The van der Waals surface area contributed by atoms with Gasteiger partial charge in [0, 0.05) is 23.4 Å². The van der Waals surface area contributed by atoms with Gasteiger partial charge in [0.25, 0.3) is 5.91 Å². The van der Waals surface area contributed by atoms with Crippen LogP contribution < -0.4 is 15.4 Å². The first kappa shape index (κ1) is 18.5. The van der Waals surface area contributed by atoms with E-state index in [4.69, 9.17) is 4.74 Å². The van der Waals surface area contributed by atoms with E-state index in [1.54, 1.807) is 31.2 Å². The zero-order valence-corrected chi connectivity index (χ0v) is 15.1. The van der Waals surface area contributed by atoms with Gasteiger partial charge in [-0.25, -0.2) is 0 Å². The third-order valence-electron chi connectivity index (χ3n) is 3.56. The van der Waals surface area contributed by atoms with Crippen LogP contribution >= 0.6 is 0 Å². The van der Waals surface area contributed by atoms with Gasteiger partial charge in [0.05, 0.1) is 6.10 Å². The lowest BCUT2D eigenvalue weighted by atomic mass is 10.1. The van der Waals surface area contributed by atoms with Crippen LogP contribution in [0.3, 0.4) is 0 Å². The number of carbonyl (C=O) groups is 2. The molecule has 0 fully saturated rings. The molecule has 0 radical (unpaired) electrons. The minimum Gasteiger partial charge on any atom is -0.491 e. The highest BCUT2D eigenvalue weighted by atomic mass is 16.5. The molecule has 5 nitrogen and oxygen atoms in total. The number of carbonyl (C=O) groups excluding carboxylic acids is 2. The fourth-order valence-corrected chi connectivity index (χ4v) is 2.26. The number of benzene rings is 2. The van der Waals surface area contributed by atoms with Crippen LogP contribution in [0.5, 0.6) is 5.75 Å². The van der Waals surface area contributed by atoms with E-state index in [1.807, 2.05) is 39.0 Å². The molecule has 2 rings (SSSR count). The van der Waals surface area contributed by atoms with Crippen molar-refractivity contribution in [3.8, 4) is 5.75 Å². The summed E-state index contributed by atoms with van der Waals surface area (Å²) in [5.41, 5.74) is 2.77. The standard InChI is InChI=1S/C20H24N2O3/c1-5-19(23)22-18-12-16(10-9-14(18)4)21-20(24)15-7-6-8-17(11-15)25-13(2)3/h6-13H,5H2,1-4H3,(H,21,24)(H,22,23). The van der Waals surface area contributed by atoms with E-state index in [-0.39, 0.29) is 17.9 Å². The predicted octanol–water partition coefficient (Wildman–Crippen LogP) is 4.38. The summed E-state index contributed by atoms with van der Waals surface area (Å²) in [7, 11) is 0. The van der Waals surface area contributed by atoms with Gasteiger partial charge in [-0.05, 0) is 56.7 Å². The lowest BCUT2D eigenvalue weighted by molar-refractivity contribution is -0.115. The SMILES string of the molecule is CCC(=O)Nc1cc(NC(=O)c2cccc(OC(C)C)c2)ccc1C. The molecule has 2 aromatic carbocycles. The van der Waals surface area contributed by atoms with E-state index < -0.39 is 0 Å². The van der Waals surface area contributed by atoms with Gasteiger partial charge in [-0.15, -0.1) is 0 Å². The van der Waals surface area contributed by atoms with Crippen LogP contribution in [0.25, 0.3) is 0 Å². The lowest BCUT2D eigenvalue weighted by Crippen LogP contribution is -2.14. The van der Waals surface area contributed by atoms with Crippen molar-refractivity contribution in [2.45, 2.75) is 40.2 Å². The first-order valence-corrected chi connectivity index (χ1v) is 8.37. The van der Waals surface area contributed by atoms with E-state index in [9.17, 15) is 9.59 Å². The summed E-state index contributed by atoms with van der Waals surface area (Å²) in [4.78, 5) is 24.1. The third-order valence-corrected chi connectivity index (χ3v) is 3.56. The maximum absolute atomic E-state index is 12.5. The van der Waals surface area contributed by atoms with Crippen LogP contribution in [0.1, 0.15) is 43.1 Å². The van der Waals surface area contributed by atoms with Crippen molar-refractivity contribution < 1.29 is 14.3 Å². The Labute approximate surface area is 148 Å². The summed E-state index contributed by atoms with van der Waals surface area (Å²) in [5, 5.41) is 5.69. The zero-order chi connectivity index (χ0) is 18.4. The lowest BCUT2D eigenvalue weighted by Gasteiger charge is -2.13. The summed E-state index contributed by atoms with van der Waals surface area (Å²) in [6, 6.07) is 12.5. The minimum atomic E-state index is -0.231. The summed E-state index contributed by atoms with van der Waals surface area (Å²) in [5.74, 6) is 0.360. The highest BCUT2D eigenvalue weighted by molar-refractivity contribution is 6.05. The summed E-state index contributed by atoms with van der Waals surface area (Å²) >= 11 is 0. The topological polar surface area (TPSA) is 67.4 Å². The number of ether oxygens (including phenoxy) is 1. The molecule has 0 saturated carbocycles.